The summed E-state index contributed by atoms with van der Waals surface area (Å²) in [5, 5.41) is 11.3. The molecule has 2 saturated heterocycles. The fourth-order valence-corrected chi connectivity index (χ4v) is 6.06. The van der Waals surface area contributed by atoms with E-state index in [4.69, 9.17) is 23.7 Å². The molecule has 12 nitrogen and oxygen atoms in total. The highest BCUT2D eigenvalue weighted by molar-refractivity contribution is 5.77. The Morgan fingerprint density at radius 2 is 1.79 bits per heavy atom. The number of epoxide rings is 2. The van der Waals surface area contributed by atoms with Gasteiger partial charge in [-0.2, -0.15) is 0 Å². The molecular weight excluding hydrogens is 544 g/mol. The third-order valence-electron chi connectivity index (χ3n) is 8.67. The van der Waals surface area contributed by atoms with Crippen LogP contribution in [0.15, 0.2) is 12.7 Å². The van der Waals surface area contributed by atoms with E-state index in [0.29, 0.717) is 32.7 Å². The molecule has 2 aliphatic heterocycles. The molecule has 3 fully saturated rings. The third-order valence-corrected chi connectivity index (χ3v) is 8.67. The fourth-order valence-electron chi connectivity index (χ4n) is 6.06. The van der Waals surface area contributed by atoms with E-state index in [1.165, 1.54) is 0 Å². The number of hydrogen-bond acceptors (Lipinski definition) is 9. The Labute approximate surface area is 250 Å². The Morgan fingerprint density at radius 3 is 2.38 bits per heavy atom. The van der Waals surface area contributed by atoms with Gasteiger partial charge in [-0.3, -0.25) is 4.79 Å². The molecule has 12 heteroatoms. The van der Waals surface area contributed by atoms with Gasteiger partial charge in [-0.1, -0.05) is 32.8 Å². The van der Waals surface area contributed by atoms with E-state index in [2.05, 4.69) is 34.8 Å². The van der Waals surface area contributed by atoms with Crippen molar-refractivity contribution in [1.82, 2.24) is 21.3 Å². The van der Waals surface area contributed by atoms with Gasteiger partial charge >= 0.3 is 12.2 Å². The van der Waals surface area contributed by atoms with Crippen molar-refractivity contribution in [2.45, 2.75) is 101 Å². The lowest BCUT2D eigenvalue weighted by Gasteiger charge is -2.42. The second-order valence-electron chi connectivity index (χ2n) is 12.1. The second-order valence-corrected chi connectivity index (χ2v) is 12.1. The van der Waals surface area contributed by atoms with E-state index in [1.54, 1.807) is 14.2 Å². The van der Waals surface area contributed by atoms with Gasteiger partial charge in [-0.05, 0) is 52.0 Å². The quantitative estimate of drug-likeness (QED) is 0.106. The highest BCUT2D eigenvalue weighted by atomic mass is 16.6. The highest BCUT2D eigenvalue weighted by Gasteiger charge is 2.72. The monoisotopic (exact) mass is 596 g/mol. The maximum Gasteiger partial charge on any atom is 0.407 e. The Bertz CT molecular complexity index is 914. The van der Waals surface area contributed by atoms with Crippen molar-refractivity contribution in [3.05, 3.63) is 12.7 Å². The van der Waals surface area contributed by atoms with Crippen LogP contribution in [-0.4, -0.2) is 101 Å². The number of amides is 3. The van der Waals surface area contributed by atoms with E-state index in [0.717, 1.165) is 38.5 Å². The second kappa shape index (κ2) is 15.9. The first kappa shape index (κ1) is 34.1. The summed E-state index contributed by atoms with van der Waals surface area (Å²) in [6.45, 7) is 11.9. The Hall–Kier alpha value is -2.41. The van der Waals surface area contributed by atoms with Crippen LogP contribution in [0, 0.1) is 11.8 Å². The van der Waals surface area contributed by atoms with Crippen LogP contribution < -0.4 is 21.3 Å². The van der Waals surface area contributed by atoms with E-state index in [9.17, 15) is 14.4 Å². The highest BCUT2D eigenvalue weighted by Crippen LogP contribution is 2.59. The van der Waals surface area contributed by atoms with Gasteiger partial charge in [0.25, 0.3) is 0 Å². The number of ether oxygens (including phenoxy) is 5. The number of rotatable bonds is 18. The molecule has 0 aromatic carbocycles. The molecule has 42 heavy (non-hydrogen) atoms. The summed E-state index contributed by atoms with van der Waals surface area (Å²) in [6.07, 6.45) is 5.71. The zero-order chi connectivity index (χ0) is 30.8. The van der Waals surface area contributed by atoms with Gasteiger partial charge in [-0.25, -0.2) is 9.59 Å². The predicted octanol–water partition coefficient (Wildman–Crippen LogP) is 2.66. The minimum atomic E-state index is -0.567. The third kappa shape index (κ3) is 9.29. The normalized spacial score (nSPS) is 30.3. The molecule has 2 heterocycles. The minimum absolute atomic E-state index is 0.0107. The van der Waals surface area contributed by atoms with Gasteiger partial charge < -0.3 is 45.0 Å². The first-order valence-electron chi connectivity index (χ1n) is 15.3. The van der Waals surface area contributed by atoms with Gasteiger partial charge in [0.1, 0.15) is 30.0 Å². The number of unbranched alkanes of at least 4 members (excludes halogenated alkanes) is 3. The zero-order valence-electron chi connectivity index (χ0n) is 26.0. The summed E-state index contributed by atoms with van der Waals surface area (Å²) in [5.41, 5.74) is -0.720. The van der Waals surface area contributed by atoms with Crippen LogP contribution in [0.5, 0.6) is 0 Å². The molecule has 3 aliphatic rings. The van der Waals surface area contributed by atoms with Crippen molar-refractivity contribution < 1.29 is 38.1 Å². The summed E-state index contributed by atoms with van der Waals surface area (Å²) in [5.74, 6) is -0.0649. The molecule has 240 valence electrons. The van der Waals surface area contributed by atoms with Gasteiger partial charge in [0.05, 0.1) is 31.2 Å². The SMILES string of the molecule is C=CC[C@H]1OC1(C)C1C(OC)C(OC(=O)N[C@@H](COC(=O)NCCCCCCNC(=O)CNC)C(C)C)CC[C@]12CO2. The molecule has 0 aromatic heterocycles. The van der Waals surface area contributed by atoms with Crippen molar-refractivity contribution in [1.29, 1.82) is 0 Å². The average molecular weight is 597 g/mol. The first-order chi connectivity index (χ1) is 20.1. The summed E-state index contributed by atoms with van der Waals surface area (Å²) < 4.78 is 29.3. The number of nitrogens with one attached hydrogen (secondary N) is 4. The lowest BCUT2D eigenvalue weighted by molar-refractivity contribution is -0.120. The molecule has 0 bridgehead atoms. The van der Waals surface area contributed by atoms with Crippen LogP contribution >= 0.6 is 0 Å². The molecule has 7 atom stereocenters. The number of methoxy groups -OCH3 is 1. The molecule has 1 saturated carbocycles. The maximum atomic E-state index is 13.0. The van der Waals surface area contributed by atoms with Crippen molar-refractivity contribution >= 4 is 18.1 Å². The number of alkyl carbamates (subject to hydrolysis) is 2. The molecule has 1 spiro atoms. The standard InChI is InChI=1S/C30H52N4O8/c1-7-12-23-29(4,42-23)26-25(38-6)22(13-14-30(26)19-40-30)41-28(37)34-21(20(2)3)18-39-27(36)33-16-11-9-8-10-15-32-24(35)17-31-5/h7,20-23,25-26,31H,1,8-19H2,2-6H3,(H,32,35)(H,33,36)(H,34,37)/t21-,22?,23+,25?,26?,29?,30-/m0/s1. The minimum Gasteiger partial charge on any atom is -0.447 e. The smallest absolute Gasteiger partial charge is 0.407 e. The molecule has 0 radical (unpaired) electrons. The van der Waals surface area contributed by atoms with Crippen LogP contribution in [0.4, 0.5) is 9.59 Å². The Morgan fingerprint density at radius 1 is 1.10 bits per heavy atom. The van der Waals surface area contributed by atoms with Crippen molar-refractivity contribution in [3.63, 3.8) is 0 Å². The molecular formula is C30H52N4O8. The van der Waals surface area contributed by atoms with E-state index < -0.39 is 29.9 Å². The van der Waals surface area contributed by atoms with Crippen molar-refractivity contribution in [3.8, 4) is 0 Å². The molecule has 3 rings (SSSR count). The lowest BCUT2D eigenvalue weighted by Crippen LogP contribution is -2.56. The van der Waals surface area contributed by atoms with Crippen molar-refractivity contribution in [2.75, 3.05) is 47.0 Å². The lowest BCUT2D eigenvalue weighted by atomic mass is 9.68. The fraction of sp³-hybridized carbons (Fsp3) is 0.833. The molecule has 4 unspecified atom stereocenters. The summed E-state index contributed by atoms with van der Waals surface area (Å²) in [4.78, 5) is 36.6. The molecule has 0 aromatic rings. The van der Waals surface area contributed by atoms with Crippen LogP contribution in [0.2, 0.25) is 0 Å². The summed E-state index contributed by atoms with van der Waals surface area (Å²) >= 11 is 0. The van der Waals surface area contributed by atoms with Gasteiger partial charge in [-0.15, -0.1) is 6.58 Å². The van der Waals surface area contributed by atoms with Gasteiger partial charge in [0.2, 0.25) is 5.91 Å². The van der Waals surface area contributed by atoms with Crippen LogP contribution in [-0.2, 0) is 28.5 Å². The molecule has 4 N–H and O–H groups in total. The van der Waals surface area contributed by atoms with Crippen LogP contribution in [0.25, 0.3) is 0 Å². The van der Waals surface area contributed by atoms with Crippen LogP contribution in [0.3, 0.4) is 0 Å². The number of carbonyl (C=O) groups is 3. The maximum absolute atomic E-state index is 13.0. The molecule has 3 amide bonds. The van der Waals surface area contributed by atoms with Gasteiger partial charge in [0, 0.05) is 20.2 Å². The van der Waals surface area contributed by atoms with Crippen molar-refractivity contribution in [2.24, 2.45) is 11.8 Å². The Balaban J connectivity index is 1.38. The van der Waals surface area contributed by atoms with E-state index in [1.807, 2.05) is 19.9 Å². The summed E-state index contributed by atoms with van der Waals surface area (Å²) in [6, 6.07) is -0.416. The first-order valence-corrected chi connectivity index (χ1v) is 15.3. The van der Waals surface area contributed by atoms with E-state index in [-0.39, 0.29) is 42.2 Å². The topological polar surface area (TPSA) is 152 Å². The number of carbonyl (C=O) groups excluding carboxylic acids is 3. The largest absolute Gasteiger partial charge is 0.447 e. The number of hydrogen-bond donors (Lipinski definition) is 4. The van der Waals surface area contributed by atoms with Gasteiger partial charge in [0.15, 0.2) is 0 Å². The zero-order valence-corrected chi connectivity index (χ0v) is 26.0. The Kier molecular flexibility index (Phi) is 12.9. The van der Waals surface area contributed by atoms with E-state index >= 15 is 0 Å². The van der Waals surface area contributed by atoms with Crippen LogP contribution in [0.1, 0.15) is 65.7 Å². The average Bonchev–Trinajstić information content (AvgIpc) is 3.86. The predicted molar refractivity (Wildman–Crippen MR) is 157 cm³/mol. The number of likely N-dealkylation sites (N-methyl/N-ethyl adjacent to an activating group) is 1. The molecule has 1 aliphatic carbocycles. The summed E-state index contributed by atoms with van der Waals surface area (Å²) in [7, 11) is 3.37.